The van der Waals surface area contributed by atoms with E-state index in [0.29, 0.717) is 11.4 Å². The van der Waals surface area contributed by atoms with Crippen molar-refractivity contribution in [3.8, 4) is 5.88 Å². The van der Waals surface area contributed by atoms with Crippen LogP contribution in [0, 0.1) is 0 Å². The van der Waals surface area contributed by atoms with Crippen molar-refractivity contribution in [1.29, 1.82) is 0 Å². The number of rotatable bonds is 3. The Morgan fingerprint density at radius 2 is 1.94 bits per heavy atom. The second-order valence-corrected chi connectivity index (χ2v) is 7.32. The van der Waals surface area contributed by atoms with Gasteiger partial charge in [-0.1, -0.05) is 6.07 Å². The van der Waals surface area contributed by atoms with Crippen LogP contribution in [-0.2, 0) is 15.6 Å². The quantitative estimate of drug-likeness (QED) is 0.812. The molecule has 4 nitrogen and oxygen atoms in total. The zero-order valence-corrected chi connectivity index (χ0v) is 10.8. The molecule has 16 heavy (non-hydrogen) atoms. The van der Waals surface area contributed by atoms with Gasteiger partial charge >= 0.3 is 0 Å². The second-order valence-electron chi connectivity index (χ2n) is 4.58. The van der Waals surface area contributed by atoms with Crippen LogP contribution in [0.4, 0.5) is 0 Å². The molecular weight excluding hydrogens is 226 g/mol. The van der Waals surface area contributed by atoms with Crippen LogP contribution in [-0.4, -0.2) is 25.3 Å². The summed E-state index contributed by atoms with van der Waals surface area (Å²) in [5.74, 6) is 0.491. The molecular formula is C11H17NO3S. The number of hydrogen-bond acceptors (Lipinski definition) is 4. The topological polar surface area (TPSA) is 56.3 Å². The summed E-state index contributed by atoms with van der Waals surface area (Å²) in [5, 5.41) is 0. The van der Waals surface area contributed by atoms with Gasteiger partial charge in [0.1, 0.15) is 0 Å². The lowest BCUT2D eigenvalue weighted by Crippen LogP contribution is -2.29. The Hall–Kier alpha value is -1.10. The normalized spacial score (nSPS) is 12.5. The Labute approximate surface area is 96.6 Å². The summed E-state index contributed by atoms with van der Waals surface area (Å²) in [5.41, 5.74) is 0.677. The molecule has 0 N–H and O–H groups in total. The molecule has 1 heterocycles. The van der Waals surface area contributed by atoms with Crippen molar-refractivity contribution in [1.82, 2.24) is 4.98 Å². The molecule has 0 aromatic carbocycles. The first kappa shape index (κ1) is 13.0. The third kappa shape index (κ3) is 2.95. The molecule has 5 heteroatoms. The summed E-state index contributed by atoms with van der Waals surface area (Å²) in [6.07, 6.45) is 1.53. The van der Waals surface area contributed by atoms with E-state index >= 15 is 0 Å². The van der Waals surface area contributed by atoms with Crippen molar-refractivity contribution in [2.45, 2.75) is 31.3 Å². The van der Waals surface area contributed by atoms with Gasteiger partial charge in [0.15, 0.2) is 9.84 Å². The van der Waals surface area contributed by atoms with Crippen molar-refractivity contribution in [2.75, 3.05) is 7.11 Å². The molecule has 0 saturated carbocycles. The highest BCUT2D eigenvalue weighted by Gasteiger charge is 2.28. The van der Waals surface area contributed by atoms with Gasteiger partial charge in [-0.05, 0) is 26.3 Å². The molecule has 0 unspecified atom stereocenters. The molecule has 0 atom stereocenters. The summed E-state index contributed by atoms with van der Waals surface area (Å²) in [4.78, 5) is 3.98. The van der Waals surface area contributed by atoms with Crippen LogP contribution in [0.5, 0.6) is 5.88 Å². The predicted octanol–water partition coefficient (Wildman–Crippen LogP) is 1.80. The fourth-order valence-electron chi connectivity index (χ4n) is 1.05. The highest BCUT2D eigenvalue weighted by Crippen LogP contribution is 2.20. The van der Waals surface area contributed by atoms with Gasteiger partial charge < -0.3 is 4.74 Å². The minimum absolute atomic E-state index is 0.00743. The SMILES string of the molecule is COc1ccc(CS(=O)(=O)C(C)(C)C)cn1. The van der Waals surface area contributed by atoms with Gasteiger partial charge in [-0.3, -0.25) is 0 Å². The molecule has 0 aliphatic heterocycles. The van der Waals surface area contributed by atoms with E-state index in [0.717, 1.165) is 0 Å². The highest BCUT2D eigenvalue weighted by atomic mass is 32.2. The monoisotopic (exact) mass is 243 g/mol. The van der Waals surface area contributed by atoms with Crippen molar-refractivity contribution >= 4 is 9.84 Å². The molecule has 1 aromatic heterocycles. The summed E-state index contributed by atoms with van der Waals surface area (Å²) in [7, 11) is -1.63. The summed E-state index contributed by atoms with van der Waals surface area (Å²) >= 11 is 0. The van der Waals surface area contributed by atoms with E-state index in [2.05, 4.69) is 4.98 Å². The lowest BCUT2D eigenvalue weighted by molar-refractivity contribution is 0.397. The number of hydrogen-bond donors (Lipinski definition) is 0. The van der Waals surface area contributed by atoms with Gasteiger partial charge in [-0.15, -0.1) is 0 Å². The van der Waals surface area contributed by atoms with E-state index < -0.39 is 14.6 Å². The van der Waals surface area contributed by atoms with Gasteiger partial charge in [-0.2, -0.15) is 0 Å². The van der Waals surface area contributed by atoms with E-state index in [1.165, 1.54) is 13.3 Å². The third-order valence-electron chi connectivity index (χ3n) is 2.30. The Morgan fingerprint density at radius 1 is 1.31 bits per heavy atom. The first-order chi connectivity index (χ1) is 7.26. The number of aromatic nitrogens is 1. The number of ether oxygens (including phenoxy) is 1. The molecule has 1 aromatic rings. The first-order valence-corrected chi connectivity index (χ1v) is 6.63. The predicted molar refractivity (Wildman–Crippen MR) is 63.2 cm³/mol. The van der Waals surface area contributed by atoms with Crippen molar-refractivity contribution in [3.63, 3.8) is 0 Å². The van der Waals surface area contributed by atoms with Crippen LogP contribution in [0.15, 0.2) is 18.3 Å². The van der Waals surface area contributed by atoms with Gasteiger partial charge in [0, 0.05) is 12.3 Å². The minimum Gasteiger partial charge on any atom is -0.481 e. The number of pyridine rings is 1. The second kappa shape index (κ2) is 4.41. The molecule has 0 aliphatic carbocycles. The maximum atomic E-state index is 11.9. The van der Waals surface area contributed by atoms with Crippen LogP contribution in [0.3, 0.4) is 0 Å². The minimum atomic E-state index is -3.15. The number of sulfone groups is 1. The molecule has 0 spiro atoms. The zero-order chi connectivity index (χ0) is 12.4. The number of nitrogens with zero attached hydrogens (tertiary/aromatic N) is 1. The number of methoxy groups -OCH3 is 1. The van der Waals surface area contributed by atoms with Gasteiger partial charge in [-0.25, -0.2) is 13.4 Å². The van der Waals surface area contributed by atoms with E-state index in [1.807, 2.05) is 0 Å². The Bertz CT molecular complexity index is 443. The maximum absolute atomic E-state index is 11.9. The van der Waals surface area contributed by atoms with E-state index in [9.17, 15) is 8.42 Å². The molecule has 90 valence electrons. The van der Waals surface area contributed by atoms with Gasteiger partial charge in [0.25, 0.3) is 0 Å². The molecule has 0 radical (unpaired) electrons. The standard InChI is InChI=1S/C11H17NO3S/c1-11(2,3)16(13,14)8-9-5-6-10(15-4)12-7-9/h5-7H,8H2,1-4H3. The largest absolute Gasteiger partial charge is 0.481 e. The van der Waals surface area contributed by atoms with Crippen molar-refractivity contribution < 1.29 is 13.2 Å². The first-order valence-electron chi connectivity index (χ1n) is 4.97. The zero-order valence-electron chi connectivity index (χ0n) is 10.0. The maximum Gasteiger partial charge on any atom is 0.212 e. The molecule has 0 amide bonds. The Morgan fingerprint density at radius 3 is 2.31 bits per heavy atom. The molecule has 1 rings (SSSR count). The fourth-order valence-corrected chi connectivity index (χ4v) is 2.10. The lowest BCUT2D eigenvalue weighted by Gasteiger charge is -2.18. The Balaban J connectivity index is 2.89. The van der Waals surface area contributed by atoms with Crippen LogP contribution in [0.1, 0.15) is 26.3 Å². The lowest BCUT2D eigenvalue weighted by atomic mass is 10.3. The third-order valence-corrected chi connectivity index (χ3v) is 4.88. The van der Waals surface area contributed by atoms with Crippen LogP contribution in [0.25, 0.3) is 0 Å². The summed E-state index contributed by atoms with van der Waals surface area (Å²) in [6.45, 7) is 5.08. The summed E-state index contributed by atoms with van der Waals surface area (Å²) in [6, 6.07) is 3.38. The average Bonchev–Trinajstić information content (AvgIpc) is 2.16. The molecule has 0 fully saturated rings. The smallest absolute Gasteiger partial charge is 0.212 e. The van der Waals surface area contributed by atoms with E-state index in [1.54, 1.807) is 32.9 Å². The Kier molecular flexibility index (Phi) is 3.57. The van der Waals surface area contributed by atoms with Crippen LogP contribution in [0.2, 0.25) is 0 Å². The van der Waals surface area contributed by atoms with Crippen LogP contribution >= 0.6 is 0 Å². The molecule has 0 saturated heterocycles. The highest BCUT2D eigenvalue weighted by molar-refractivity contribution is 7.91. The van der Waals surface area contributed by atoms with Gasteiger partial charge in [0.2, 0.25) is 5.88 Å². The fraction of sp³-hybridized carbons (Fsp3) is 0.545. The average molecular weight is 243 g/mol. The van der Waals surface area contributed by atoms with Crippen molar-refractivity contribution in [3.05, 3.63) is 23.9 Å². The van der Waals surface area contributed by atoms with Crippen LogP contribution < -0.4 is 4.74 Å². The van der Waals surface area contributed by atoms with Gasteiger partial charge in [0.05, 0.1) is 17.6 Å². The molecule has 0 bridgehead atoms. The van der Waals surface area contributed by atoms with E-state index in [-0.39, 0.29) is 5.75 Å². The van der Waals surface area contributed by atoms with E-state index in [4.69, 9.17) is 4.74 Å². The van der Waals surface area contributed by atoms with Crippen molar-refractivity contribution in [2.24, 2.45) is 0 Å². The molecule has 0 aliphatic rings. The summed E-state index contributed by atoms with van der Waals surface area (Å²) < 4.78 is 28.0.